The Kier molecular flexibility index (Phi) is 8.33. The molecule has 2 aliphatic carbocycles. The van der Waals surface area contributed by atoms with Gasteiger partial charge in [0.05, 0.1) is 29.0 Å². The Morgan fingerprint density at radius 2 is 1.56 bits per heavy atom. The van der Waals surface area contributed by atoms with Crippen molar-refractivity contribution in [1.82, 2.24) is 5.32 Å². The number of allylic oxidation sites excluding steroid dienone is 3. The van der Waals surface area contributed by atoms with Crippen molar-refractivity contribution in [2.24, 2.45) is 11.8 Å². The van der Waals surface area contributed by atoms with Gasteiger partial charge >= 0.3 is 11.9 Å². The van der Waals surface area contributed by atoms with Gasteiger partial charge in [-0.2, -0.15) is 0 Å². The van der Waals surface area contributed by atoms with Gasteiger partial charge < -0.3 is 30.5 Å². The van der Waals surface area contributed by atoms with Gasteiger partial charge in [0.1, 0.15) is 23.4 Å². The second-order valence-electron chi connectivity index (χ2n) is 9.62. The van der Waals surface area contributed by atoms with Gasteiger partial charge in [-0.3, -0.25) is 14.4 Å². The number of esters is 1. The van der Waals surface area contributed by atoms with E-state index in [0.717, 1.165) is 25.3 Å². The van der Waals surface area contributed by atoms with Gasteiger partial charge in [-0.25, -0.2) is 4.79 Å². The quantitative estimate of drug-likeness (QED) is 0.200. The molecule has 10 nitrogen and oxygen atoms in total. The molecule has 0 bridgehead atoms. The number of hydrogen-bond acceptors (Lipinski definition) is 8. The third kappa shape index (κ3) is 6.28. The number of carboxylic acids is 1. The van der Waals surface area contributed by atoms with Crippen LogP contribution in [0.3, 0.4) is 0 Å². The van der Waals surface area contributed by atoms with Gasteiger partial charge in [-0.05, 0) is 67.8 Å². The Morgan fingerprint density at radius 3 is 2.26 bits per heavy atom. The molecule has 0 heterocycles. The standard InChI is InChI=1S/C29H29NO9/c31-18-12-9-16(10-13-18)27(35)30-21-6-2-1-3-8-24(21)39-29(38)17-11-14-19(23(33)15-17)26(34)25-20(28(36)37)5-4-7-22(25)32/h4-5,7,9-15,20-21,24-25,31-33H,1-3,6,8H2,(H,30,35)(H,36,37)/t20?,21-,24?,25?/m1/s1. The Hall–Kier alpha value is -4.60. The molecule has 0 aromatic heterocycles. The molecule has 4 rings (SSSR count). The van der Waals surface area contributed by atoms with Crippen LogP contribution in [0.1, 0.15) is 63.2 Å². The molecule has 0 aliphatic heterocycles. The number of aromatic hydroxyl groups is 2. The van der Waals surface area contributed by atoms with E-state index >= 15 is 0 Å². The molecule has 0 radical (unpaired) electrons. The summed E-state index contributed by atoms with van der Waals surface area (Å²) in [4.78, 5) is 50.3. The van der Waals surface area contributed by atoms with Gasteiger partial charge in [-0.1, -0.05) is 25.0 Å². The summed E-state index contributed by atoms with van der Waals surface area (Å²) in [5.41, 5.74) is 0.0772. The fourth-order valence-corrected chi connectivity index (χ4v) is 4.88. The number of nitrogens with one attached hydrogen (secondary N) is 1. The number of ketones is 1. The average molecular weight is 536 g/mol. The number of carboxylic acid groups (broad SMARTS) is 1. The smallest absolute Gasteiger partial charge is 0.338 e. The topological polar surface area (TPSA) is 170 Å². The highest BCUT2D eigenvalue weighted by atomic mass is 16.5. The molecule has 0 spiro atoms. The predicted molar refractivity (Wildman–Crippen MR) is 139 cm³/mol. The first-order chi connectivity index (χ1) is 18.7. The minimum absolute atomic E-state index is 0.0324. The van der Waals surface area contributed by atoms with Crippen LogP contribution in [-0.2, 0) is 9.53 Å². The van der Waals surface area contributed by atoms with Gasteiger partial charge in [0.25, 0.3) is 5.91 Å². The Labute approximate surface area is 224 Å². The van der Waals surface area contributed by atoms with Crippen LogP contribution in [0.4, 0.5) is 0 Å². The molecule has 0 saturated heterocycles. The van der Waals surface area contributed by atoms with Crippen LogP contribution in [0.25, 0.3) is 0 Å². The zero-order valence-corrected chi connectivity index (χ0v) is 20.9. The van der Waals surface area contributed by atoms with Crippen molar-refractivity contribution in [3.63, 3.8) is 0 Å². The summed E-state index contributed by atoms with van der Waals surface area (Å²) >= 11 is 0. The summed E-state index contributed by atoms with van der Waals surface area (Å²) in [7, 11) is 0. The van der Waals surface area contributed by atoms with E-state index in [0.29, 0.717) is 18.4 Å². The first kappa shape index (κ1) is 27.4. The molecule has 204 valence electrons. The molecular weight excluding hydrogens is 506 g/mol. The number of benzene rings is 2. The molecule has 1 amide bonds. The molecule has 2 aliphatic rings. The average Bonchev–Trinajstić information content (AvgIpc) is 3.13. The minimum Gasteiger partial charge on any atom is -0.512 e. The maximum Gasteiger partial charge on any atom is 0.338 e. The second-order valence-corrected chi connectivity index (χ2v) is 9.62. The number of Topliss-reactive ketones (excluding diaryl/α,β-unsaturated/α-hetero) is 1. The van der Waals surface area contributed by atoms with Crippen molar-refractivity contribution in [2.45, 2.75) is 44.2 Å². The molecule has 5 N–H and O–H groups in total. The summed E-state index contributed by atoms with van der Waals surface area (Å²) in [6.07, 6.45) is 6.85. The largest absolute Gasteiger partial charge is 0.512 e. The van der Waals surface area contributed by atoms with Crippen molar-refractivity contribution in [1.29, 1.82) is 0 Å². The van der Waals surface area contributed by atoms with Crippen LogP contribution in [-0.4, -0.2) is 56.2 Å². The highest BCUT2D eigenvalue weighted by Gasteiger charge is 2.38. The monoisotopic (exact) mass is 535 g/mol. The summed E-state index contributed by atoms with van der Waals surface area (Å²) < 4.78 is 5.74. The Balaban J connectivity index is 1.48. The number of phenols is 2. The molecule has 39 heavy (non-hydrogen) atoms. The molecule has 4 atom stereocenters. The fourth-order valence-electron chi connectivity index (χ4n) is 4.88. The molecule has 1 fully saturated rings. The lowest BCUT2D eigenvalue weighted by Gasteiger charge is -2.26. The zero-order valence-electron chi connectivity index (χ0n) is 20.9. The van der Waals surface area contributed by atoms with Gasteiger partial charge in [-0.15, -0.1) is 0 Å². The number of rotatable bonds is 7. The molecule has 2 aromatic carbocycles. The van der Waals surface area contributed by atoms with E-state index in [9.17, 15) is 39.6 Å². The van der Waals surface area contributed by atoms with E-state index in [2.05, 4.69) is 5.32 Å². The highest BCUT2D eigenvalue weighted by molar-refractivity contribution is 6.05. The maximum atomic E-state index is 13.0. The first-order valence-corrected chi connectivity index (χ1v) is 12.6. The van der Waals surface area contributed by atoms with Gasteiger partial charge in [0.15, 0.2) is 5.78 Å². The third-order valence-corrected chi connectivity index (χ3v) is 6.99. The summed E-state index contributed by atoms with van der Waals surface area (Å²) in [5, 5.41) is 42.5. The predicted octanol–water partition coefficient (Wildman–Crippen LogP) is 3.90. The summed E-state index contributed by atoms with van der Waals surface area (Å²) in [6.45, 7) is 0. The van der Waals surface area contributed by atoms with Gasteiger partial charge in [0.2, 0.25) is 0 Å². The number of aliphatic hydroxyl groups excluding tert-OH is 1. The van der Waals surface area contributed by atoms with Crippen LogP contribution in [0.15, 0.2) is 66.5 Å². The SMILES string of the molecule is O=C(N[C@@H]1CCCCCC1OC(=O)c1ccc(C(=O)C2C(O)=CC=CC2C(=O)O)c(O)c1)c1ccc(O)cc1. The fraction of sp³-hybridized carbons (Fsp3) is 0.310. The van der Waals surface area contributed by atoms with E-state index in [4.69, 9.17) is 4.74 Å². The van der Waals surface area contributed by atoms with E-state index in [-0.39, 0.29) is 22.8 Å². The highest BCUT2D eigenvalue weighted by Crippen LogP contribution is 2.32. The van der Waals surface area contributed by atoms with Crippen LogP contribution in [0, 0.1) is 11.8 Å². The Bertz CT molecular complexity index is 1330. The molecule has 10 heteroatoms. The van der Waals surface area contributed by atoms with Crippen LogP contribution in [0.5, 0.6) is 11.5 Å². The van der Waals surface area contributed by atoms with Crippen LogP contribution < -0.4 is 5.32 Å². The summed E-state index contributed by atoms with van der Waals surface area (Å²) in [6, 6.07) is 8.88. The lowest BCUT2D eigenvalue weighted by atomic mass is 9.81. The molecule has 2 aromatic rings. The lowest BCUT2D eigenvalue weighted by molar-refractivity contribution is -0.141. The van der Waals surface area contributed by atoms with Crippen molar-refractivity contribution in [3.05, 3.63) is 83.1 Å². The number of carbonyl (C=O) groups excluding carboxylic acids is 3. The molecule has 3 unspecified atom stereocenters. The van der Waals surface area contributed by atoms with E-state index < -0.39 is 53.2 Å². The lowest BCUT2D eigenvalue weighted by Crippen LogP contribution is -2.44. The van der Waals surface area contributed by atoms with E-state index in [1.165, 1.54) is 54.6 Å². The maximum absolute atomic E-state index is 13.0. The molecule has 1 saturated carbocycles. The first-order valence-electron chi connectivity index (χ1n) is 12.6. The van der Waals surface area contributed by atoms with E-state index in [1.807, 2.05) is 0 Å². The number of carbonyl (C=O) groups is 4. The number of phenolic OH excluding ortho intramolecular Hbond substituents is 2. The van der Waals surface area contributed by atoms with Crippen molar-refractivity contribution >= 4 is 23.6 Å². The van der Waals surface area contributed by atoms with Crippen molar-refractivity contribution in [2.75, 3.05) is 0 Å². The van der Waals surface area contributed by atoms with Crippen LogP contribution >= 0.6 is 0 Å². The minimum atomic E-state index is -1.42. The van der Waals surface area contributed by atoms with Crippen molar-refractivity contribution < 1.29 is 44.3 Å². The van der Waals surface area contributed by atoms with Crippen molar-refractivity contribution in [3.8, 4) is 11.5 Å². The number of aliphatic hydroxyl groups is 1. The zero-order chi connectivity index (χ0) is 28.1. The Morgan fingerprint density at radius 1 is 0.872 bits per heavy atom. The second kappa shape index (κ2) is 11.8. The third-order valence-electron chi connectivity index (χ3n) is 6.99. The number of amides is 1. The van der Waals surface area contributed by atoms with Gasteiger partial charge in [0, 0.05) is 5.56 Å². The number of aliphatic carboxylic acids is 1. The molecular formula is C29H29NO9. The summed E-state index contributed by atoms with van der Waals surface area (Å²) in [5.74, 6) is -6.92. The number of ether oxygens (including phenoxy) is 1. The number of hydrogen-bond donors (Lipinski definition) is 5. The normalized spacial score (nSPS) is 22.7. The van der Waals surface area contributed by atoms with E-state index in [1.54, 1.807) is 0 Å². The van der Waals surface area contributed by atoms with Crippen LogP contribution in [0.2, 0.25) is 0 Å².